The normalized spacial score (nSPS) is 11.9. The van der Waals surface area contributed by atoms with Gasteiger partial charge in [-0.1, -0.05) is 243 Å². The van der Waals surface area contributed by atoms with Crippen LogP contribution in [0, 0.1) is 0 Å². The van der Waals surface area contributed by atoms with E-state index in [1.807, 2.05) is 0 Å². The predicted molar refractivity (Wildman–Crippen MR) is 228 cm³/mol. The summed E-state index contributed by atoms with van der Waals surface area (Å²) in [6, 6.07) is 86.7. The average Bonchev–Trinajstić information content (AvgIpc) is 3.26. The zero-order valence-electron chi connectivity index (χ0n) is 29.4. The molecule has 0 spiro atoms. The number of benzene rings is 8. The zero-order valence-corrected chi connectivity index (χ0v) is 32.4. The Morgan fingerprint density at radius 1 is 0.264 bits per heavy atom. The lowest BCUT2D eigenvalue weighted by Crippen LogP contribution is -2.83. The van der Waals surface area contributed by atoms with Crippen LogP contribution in [0.4, 0.5) is 0 Å². The Hall–Kier alpha value is -5.67. The molecule has 0 aromatic heterocycles. The van der Waals surface area contributed by atoms with Crippen LogP contribution in [0.25, 0.3) is 0 Å². The SMILES string of the molecule is c1ccc([Si](O[Si](c2ccccc2)(c2ccccc2)c2ccccc2)(O[Si-](c2ccccc2)(c2ccccc2)c2ccccc2)c2ccccc2)cc1. The van der Waals surface area contributed by atoms with Crippen molar-refractivity contribution < 1.29 is 8.23 Å². The van der Waals surface area contributed by atoms with E-state index in [0.29, 0.717) is 0 Å². The van der Waals surface area contributed by atoms with E-state index in [-0.39, 0.29) is 0 Å². The Balaban J connectivity index is 1.54. The average molecular weight is 733 g/mol. The number of hydrogen-bond donors (Lipinski definition) is 0. The van der Waals surface area contributed by atoms with Gasteiger partial charge in [0.1, 0.15) is 0 Å². The molecule has 0 heterocycles. The third kappa shape index (κ3) is 6.50. The summed E-state index contributed by atoms with van der Waals surface area (Å²) in [4.78, 5) is 0. The molecular weight excluding hydrogens is 693 g/mol. The molecule has 0 aliphatic carbocycles. The molecule has 0 radical (unpaired) electrons. The molecule has 5 heteroatoms. The van der Waals surface area contributed by atoms with Crippen LogP contribution in [0.2, 0.25) is 0 Å². The van der Waals surface area contributed by atoms with Crippen molar-refractivity contribution in [2.24, 2.45) is 0 Å². The van der Waals surface area contributed by atoms with Crippen LogP contribution in [0.1, 0.15) is 0 Å². The van der Waals surface area contributed by atoms with E-state index in [1.165, 1.54) is 0 Å². The van der Waals surface area contributed by atoms with Crippen LogP contribution in [-0.4, -0.2) is 25.2 Å². The molecule has 8 rings (SSSR count). The Labute approximate surface area is 316 Å². The van der Waals surface area contributed by atoms with Gasteiger partial charge in [-0.25, -0.2) is 0 Å². The van der Waals surface area contributed by atoms with Gasteiger partial charge in [0, 0.05) is 0 Å². The van der Waals surface area contributed by atoms with E-state index in [2.05, 4.69) is 243 Å². The third-order valence-electron chi connectivity index (χ3n) is 9.98. The van der Waals surface area contributed by atoms with Crippen molar-refractivity contribution >= 4 is 66.7 Å². The van der Waals surface area contributed by atoms with Crippen LogP contribution < -0.4 is 41.5 Å². The molecule has 0 saturated heterocycles. The Kier molecular flexibility index (Phi) is 10.1. The summed E-state index contributed by atoms with van der Waals surface area (Å²) < 4.78 is 17.1. The van der Waals surface area contributed by atoms with Gasteiger partial charge in [-0.3, -0.25) is 0 Å². The maximum atomic E-state index is 8.57. The molecule has 2 nitrogen and oxygen atoms in total. The zero-order chi connectivity index (χ0) is 35.8. The smallest absolute Gasteiger partial charge is 0.357 e. The summed E-state index contributed by atoms with van der Waals surface area (Å²) in [6.07, 6.45) is 0. The van der Waals surface area contributed by atoms with E-state index in [9.17, 15) is 0 Å². The molecular formula is C48H40O2Si3-. The van der Waals surface area contributed by atoms with Crippen LogP contribution >= 0.6 is 0 Å². The Morgan fingerprint density at radius 3 is 0.755 bits per heavy atom. The first-order chi connectivity index (χ1) is 26.3. The summed E-state index contributed by atoms with van der Waals surface area (Å²) in [5.74, 6) is 0. The standard InChI is InChI=1S/C48H40O2Si3/c1-9-25-41(26-10-1)51(42-27-11-2-12-28-42,43-29-13-3-14-30-43)49-53(47-37-21-7-22-38-47,48-39-23-8-24-40-48)50-52(44-31-15-4-16-32-44,45-33-17-5-18-34-45)46-35-19-6-20-36-46/h1-40H/q-1. The molecule has 0 fully saturated rings. The van der Waals surface area contributed by atoms with Gasteiger partial charge >= 0.3 is 8.56 Å². The molecule has 257 valence electrons. The first kappa shape index (κ1) is 34.4. The molecule has 0 saturated carbocycles. The van der Waals surface area contributed by atoms with E-state index in [0.717, 1.165) is 41.5 Å². The van der Waals surface area contributed by atoms with Crippen LogP contribution in [0.3, 0.4) is 0 Å². The van der Waals surface area contributed by atoms with Gasteiger partial charge in [0.05, 0.1) is 8.32 Å². The highest BCUT2D eigenvalue weighted by Crippen LogP contribution is 2.24. The summed E-state index contributed by atoms with van der Waals surface area (Å²) >= 11 is 0. The topological polar surface area (TPSA) is 18.5 Å². The predicted octanol–water partition coefficient (Wildman–Crippen LogP) is 5.61. The monoisotopic (exact) mass is 732 g/mol. The quantitative estimate of drug-likeness (QED) is 0.120. The van der Waals surface area contributed by atoms with Crippen molar-refractivity contribution in [3.8, 4) is 0 Å². The lowest BCUT2D eigenvalue weighted by molar-refractivity contribution is 0.430. The maximum Gasteiger partial charge on any atom is 0.357 e. The van der Waals surface area contributed by atoms with Crippen molar-refractivity contribution in [3.05, 3.63) is 243 Å². The molecule has 0 bridgehead atoms. The minimum absolute atomic E-state index is 1.06. The lowest BCUT2D eigenvalue weighted by Gasteiger charge is -2.55. The molecule has 53 heavy (non-hydrogen) atoms. The molecule has 0 atom stereocenters. The lowest BCUT2D eigenvalue weighted by atomic mass is 10.3. The second kappa shape index (κ2) is 15.5. The molecule has 0 unspecified atom stereocenters. The van der Waals surface area contributed by atoms with Crippen molar-refractivity contribution in [2.45, 2.75) is 0 Å². The van der Waals surface area contributed by atoms with E-state index in [1.54, 1.807) is 0 Å². The maximum absolute atomic E-state index is 8.57. The largest absolute Gasteiger partial charge is 0.573 e. The number of hydrogen-bond acceptors (Lipinski definition) is 2. The molecule has 0 amide bonds. The van der Waals surface area contributed by atoms with E-state index in [4.69, 9.17) is 8.23 Å². The first-order valence-corrected chi connectivity index (χ1v) is 23.7. The van der Waals surface area contributed by atoms with Crippen LogP contribution in [0.5, 0.6) is 0 Å². The van der Waals surface area contributed by atoms with Gasteiger partial charge < -0.3 is 8.23 Å². The van der Waals surface area contributed by atoms with Crippen molar-refractivity contribution in [2.75, 3.05) is 0 Å². The summed E-state index contributed by atoms with van der Waals surface area (Å²) in [5, 5.41) is 9.10. The summed E-state index contributed by atoms with van der Waals surface area (Å²) in [5.41, 5.74) is 0. The van der Waals surface area contributed by atoms with Gasteiger partial charge in [0.2, 0.25) is 0 Å². The summed E-state index contributed by atoms with van der Waals surface area (Å²) in [6.45, 7) is 0. The van der Waals surface area contributed by atoms with Crippen molar-refractivity contribution in [1.29, 1.82) is 0 Å². The second-order valence-corrected chi connectivity index (χ2v) is 23.3. The minimum atomic E-state index is -3.79. The summed E-state index contributed by atoms with van der Waals surface area (Å²) in [7, 11) is -10.5. The fourth-order valence-electron chi connectivity index (χ4n) is 7.56. The molecule has 0 N–H and O–H groups in total. The highest BCUT2D eigenvalue weighted by atomic mass is 28.5. The fourth-order valence-corrected chi connectivity index (χ4v) is 23.8. The van der Waals surface area contributed by atoms with Gasteiger partial charge in [0.25, 0.3) is 8.32 Å². The van der Waals surface area contributed by atoms with Gasteiger partial charge in [-0.2, -0.15) is 15.6 Å². The van der Waals surface area contributed by atoms with Gasteiger partial charge in [-0.15, -0.1) is 0 Å². The molecule has 8 aromatic carbocycles. The second-order valence-electron chi connectivity index (χ2n) is 13.1. The van der Waals surface area contributed by atoms with Gasteiger partial charge in [0.15, 0.2) is 0 Å². The third-order valence-corrected chi connectivity index (χ3v) is 23.8. The van der Waals surface area contributed by atoms with Crippen molar-refractivity contribution in [1.82, 2.24) is 0 Å². The highest BCUT2D eigenvalue weighted by Gasteiger charge is 2.54. The van der Waals surface area contributed by atoms with Crippen molar-refractivity contribution in [3.63, 3.8) is 0 Å². The first-order valence-electron chi connectivity index (χ1n) is 18.1. The molecule has 0 aliphatic rings. The van der Waals surface area contributed by atoms with E-state index >= 15 is 0 Å². The van der Waals surface area contributed by atoms with Gasteiger partial charge in [-0.05, 0) is 25.9 Å². The molecule has 0 aliphatic heterocycles. The Bertz CT molecular complexity index is 1950. The van der Waals surface area contributed by atoms with Crippen LogP contribution in [-0.2, 0) is 8.23 Å². The number of rotatable bonds is 12. The van der Waals surface area contributed by atoms with Crippen LogP contribution in [0.15, 0.2) is 243 Å². The minimum Gasteiger partial charge on any atom is -0.573 e. The fraction of sp³-hybridized carbons (Fsp3) is 0. The van der Waals surface area contributed by atoms with E-state index < -0.39 is 25.2 Å². The molecule has 8 aromatic rings. The Morgan fingerprint density at radius 2 is 0.491 bits per heavy atom. The highest BCUT2D eigenvalue weighted by molar-refractivity contribution is 7.17.